The summed E-state index contributed by atoms with van der Waals surface area (Å²) < 4.78 is 55.6. The fourth-order valence-corrected chi connectivity index (χ4v) is 5.27. The van der Waals surface area contributed by atoms with Gasteiger partial charge in [-0.1, -0.05) is 12.1 Å². The zero-order chi connectivity index (χ0) is 21.3. The van der Waals surface area contributed by atoms with Crippen LogP contribution in [0.3, 0.4) is 0 Å². The molecule has 152 valence electrons. The van der Waals surface area contributed by atoms with E-state index in [1.165, 1.54) is 30.3 Å². The van der Waals surface area contributed by atoms with Crippen molar-refractivity contribution >= 4 is 41.7 Å². The summed E-state index contributed by atoms with van der Waals surface area (Å²) in [7, 11) is -8.48. The molecule has 0 bridgehead atoms. The second-order valence-electron chi connectivity index (χ2n) is 6.14. The number of hydrogen-bond donors (Lipinski definition) is 1. The van der Waals surface area contributed by atoms with Crippen LogP contribution in [0.5, 0.6) is 5.75 Å². The van der Waals surface area contributed by atoms with E-state index in [4.69, 9.17) is 10.6 Å². The van der Waals surface area contributed by atoms with E-state index in [1.54, 1.807) is 13.8 Å². The first-order chi connectivity index (χ1) is 12.9. The number of sulfonamides is 1. The highest BCUT2D eigenvalue weighted by Crippen LogP contribution is 2.29. The quantitative estimate of drug-likeness (QED) is 0.374. The fourth-order valence-electron chi connectivity index (χ4n) is 2.29. The summed E-state index contributed by atoms with van der Waals surface area (Å²) in [6, 6.07) is 9.18. The van der Waals surface area contributed by atoms with Crippen molar-refractivity contribution < 1.29 is 26.4 Å². The fraction of sp³-hybridized carbons (Fsp3) is 0.235. The van der Waals surface area contributed by atoms with Gasteiger partial charge in [0.2, 0.25) is 0 Å². The summed E-state index contributed by atoms with van der Waals surface area (Å²) in [4.78, 5) is 11.7. The van der Waals surface area contributed by atoms with E-state index in [1.807, 2.05) is 0 Å². The normalized spacial score (nSPS) is 12.1. The molecule has 0 aliphatic heterocycles. The molecule has 0 fully saturated rings. The van der Waals surface area contributed by atoms with E-state index >= 15 is 0 Å². The largest absolute Gasteiger partial charge is 0.490 e. The predicted octanol–water partition coefficient (Wildman–Crippen LogP) is 2.34. The monoisotopic (exact) mass is 490 g/mol. The van der Waals surface area contributed by atoms with Crippen LogP contribution in [-0.4, -0.2) is 39.5 Å². The van der Waals surface area contributed by atoms with Crippen molar-refractivity contribution in [2.24, 2.45) is 5.84 Å². The van der Waals surface area contributed by atoms with Crippen LogP contribution in [0.4, 0.5) is 0 Å². The Hall–Kier alpha value is -1.95. The van der Waals surface area contributed by atoms with Gasteiger partial charge in [-0.15, -0.1) is 0 Å². The molecule has 0 spiro atoms. The smallest absolute Gasteiger partial charge is 0.282 e. The van der Waals surface area contributed by atoms with Crippen molar-refractivity contribution in [3.8, 4) is 5.75 Å². The van der Waals surface area contributed by atoms with Gasteiger partial charge in [-0.05, 0) is 60.1 Å². The van der Waals surface area contributed by atoms with Crippen molar-refractivity contribution in [3.63, 3.8) is 0 Å². The lowest BCUT2D eigenvalue weighted by molar-refractivity contribution is 0.0860. The van der Waals surface area contributed by atoms with Crippen LogP contribution in [0.25, 0.3) is 0 Å². The molecule has 0 saturated carbocycles. The van der Waals surface area contributed by atoms with E-state index in [0.717, 1.165) is 18.4 Å². The Bertz CT molecular complexity index is 1110. The van der Waals surface area contributed by atoms with Gasteiger partial charge in [0, 0.05) is 11.8 Å². The standard InChI is InChI=1S/C17H19BrN2O6S2/c1-11(2)26-14-10-12(8-9-13(14)18)17(21)20(19)28(24,25)16-7-5-4-6-15(16)27(3,22)23/h4-11H,19H2,1-3H3. The van der Waals surface area contributed by atoms with Crippen LogP contribution >= 0.6 is 15.9 Å². The van der Waals surface area contributed by atoms with Gasteiger partial charge < -0.3 is 4.74 Å². The number of benzene rings is 2. The molecule has 2 aromatic carbocycles. The second kappa shape index (κ2) is 8.19. The molecule has 0 heterocycles. The highest BCUT2D eigenvalue weighted by Gasteiger charge is 2.32. The van der Waals surface area contributed by atoms with Gasteiger partial charge in [-0.3, -0.25) is 4.79 Å². The zero-order valence-electron chi connectivity index (χ0n) is 15.3. The molecule has 0 saturated heterocycles. The number of hydrazine groups is 1. The maximum atomic E-state index is 12.8. The van der Waals surface area contributed by atoms with E-state index < -0.39 is 35.6 Å². The van der Waals surface area contributed by atoms with E-state index in [2.05, 4.69) is 15.9 Å². The third kappa shape index (κ3) is 4.72. The minimum atomic E-state index is -4.62. The molecular formula is C17H19BrN2O6S2. The zero-order valence-corrected chi connectivity index (χ0v) is 18.5. The number of nitrogens with two attached hydrogens (primary N) is 1. The Morgan fingerprint density at radius 2 is 1.64 bits per heavy atom. The molecule has 0 atom stereocenters. The predicted molar refractivity (Wildman–Crippen MR) is 107 cm³/mol. The number of halogens is 1. The van der Waals surface area contributed by atoms with Gasteiger partial charge in [0.15, 0.2) is 9.84 Å². The van der Waals surface area contributed by atoms with Gasteiger partial charge >= 0.3 is 0 Å². The lowest BCUT2D eigenvalue weighted by atomic mass is 10.2. The Balaban J connectivity index is 2.49. The van der Waals surface area contributed by atoms with E-state index in [-0.39, 0.29) is 16.1 Å². The molecule has 2 rings (SSSR count). The summed E-state index contributed by atoms with van der Waals surface area (Å²) >= 11 is 3.29. The third-order valence-electron chi connectivity index (χ3n) is 3.53. The number of ether oxygens (including phenoxy) is 1. The SMILES string of the molecule is CC(C)Oc1cc(C(=O)N(N)S(=O)(=O)c2ccccc2S(C)(=O)=O)ccc1Br. The summed E-state index contributed by atoms with van der Waals surface area (Å²) in [5.74, 6) is 4.91. The van der Waals surface area contributed by atoms with Crippen LogP contribution < -0.4 is 10.6 Å². The van der Waals surface area contributed by atoms with Gasteiger partial charge in [0.25, 0.3) is 15.9 Å². The topological polar surface area (TPSA) is 124 Å². The minimum absolute atomic E-state index is 0.0272. The van der Waals surface area contributed by atoms with Crippen molar-refractivity contribution in [3.05, 3.63) is 52.5 Å². The highest BCUT2D eigenvalue weighted by molar-refractivity contribution is 9.10. The van der Waals surface area contributed by atoms with Gasteiger partial charge in [0.05, 0.1) is 15.5 Å². The number of carbonyl (C=O) groups is 1. The molecule has 0 aromatic heterocycles. The lowest BCUT2D eigenvalue weighted by Crippen LogP contribution is -2.42. The van der Waals surface area contributed by atoms with Crippen LogP contribution in [0.1, 0.15) is 24.2 Å². The van der Waals surface area contributed by atoms with Crippen LogP contribution in [0.2, 0.25) is 0 Å². The number of carbonyl (C=O) groups excluding carboxylic acids is 1. The molecular weight excluding hydrogens is 472 g/mol. The number of nitrogens with zero attached hydrogens (tertiary/aromatic N) is 1. The molecule has 0 aliphatic rings. The maximum absolute atomic E-state index is 12.8. The lowest BCUT2D eigenvalue weighted by Gasteiger charge is -2.19. The average Bonchev–Trinajstić information content (AvgIpc) is 2.61. The number of rotatable bonds is 6. The Labute approximate surface area is 172 Å². The number of sulfone groups is 1. The summed E-state index contributed by atoms with van der Waals surface area (Å²) in [6.07, 6.45) is 0.690. The minimum Gasteiger partial charge on any atom is -0.490 e. The molecule has 11 heteroatoms. The van der Waals surface area contributed by atoms with E-state index in [0.29, 0.717) is 10.2 Å². The van der Waals surface area contributed by atoms with Crippen molar-refractivity contribution in [1.82, 2.24) is 4.41 Å². The second-order valence-corrected chi connectivity index (χ2v) is 10.8. The summed E-state index contributed by atoms with van der Waals surface area (Å²) in [6.45, 7) is 3.59. The third-order valence-corrected chi connectivity index (χ3v) is 7.06. The van der Waals surface area contributed by atoms with Crippen molar-refractivity contribution in [2.45, 2.75) is 29.7 Å². The van der Waals surface area contributed by atoms with Crippen molar-refractivity contribution in [2.75, 3.05) is 6.26 Å². The molecule has 1 amide bonds. The molecule has 0 unspecified atom stereocenters. The molecule has 8 nitrogen and oxygen atoms in total. The highest BCUT2D eigenvalue weighted by atomic mass is 79.9. The first-order valence-corrected chi connectivity index (χ1v) is 12.1. The number of hydrogen-bond acceptors (Lipinski definition) is 7. The molecule has 0 radical (unpaired) electrons. The molecule has 2 aromatic rings. The Morgan fingerprint density at radius 3 is 2.18 bits per heavy atom. The molecule has 0 aliphatic carbocycles. The van der Waals surface area contributed by atoms with Gasteiger partial charge in [0.1, 0.15) is 10.6 Å². The van der Waals surface area contributed by atoms with Crippen LogP contribution in [0, 0.1) is 0 Å². The number of amides is 1. The van der Waals surface area contributed by atoms with Crippen LogP contribution in [-0.2, 0) is 19.9 Å². The van der Waals surface area contributed by atoms with Crippen molar-refractivity contribution in [1.29, 1.82) is 0 Å². The van der Waals surface area contributed by atoms with Gasteiger partial charge in [-0.2, -0.15) is 12.8 Å². The average molecular weight is 491 g/mol. The first-order valence-electron chi connectivity index (χ1n) is 7.95. The Morgan fingerprint density at radius 1 is 1.07 bits per heavy atom. The first kappa shape index (κ1) is 22.3. The Kier molecular flexibility index (Phi) is 6.54. The van der Waals surface area contributed by atoms with Crippen LogP contribution in [0.15, 0.2) is 56.7 Å². The summed E-state index contributed by atoms with van der Waals surface area (Å²) in [5, 5.41) is 0. The van der Waals surface area contributed by atoms with E-state index in [9.17, 15) is 21.6 Å². The summed E-state index contributed by atoms with van der Waals surface area (Å²) in [5.41, 5.74) is -0.0400. The van der Waals surface area contributed by atoms with Gasteiger partial charge in [-0.25, -0.2) is 14.3 Å². The molecule has 2 N–H and O–H groups in total. The molecule has 28 heavy (non-hydrogen) atoms. The maximum Gasteiger partial charge on any atom is 0.282 e.